The van der Waals surface area contributed by atoms with Crippen LogP contribution in [0.25, 0.3) is 0 Å². The van der Waals surface area contributed by atoms with Crippen LogP contribution in [0.15, 0.2) is 12.3 Å². The molecule has 1 spiro atoms. The summed E-state index contributed by atoms with van der Waals surface area (Å²) in [5, 5.41) is 0. The van der Waals surface area contributed by atoms with Gasteiger partial charge in [-0.1, -0.05) is 6.58 Å². The molecule has 2 fully saturated rings. The summed E-state index contributed by atoms with van der Waals surface area (Å²) in [6, 6.07) is 0. The van der Waals surface area contributed by atoms with E-state index < -0.39 is 0 Å². The lowest BCUT2D eigenvalue weighted by atomic mass is 9.98. The molecule has 0 N–H and O–H groups in total. The lowest BCUT2D eigenvalue weighted by Gasteiger charge is -2.49. The van der Waals surface area contributed by atoms with Gasteiger partial charge in [0.1, 0.15) is 0 Å². The molecular weight excluding hydrogens is 184 g/mol. The van der Waals surface area contributed by atoms with Gasteiger partial charge >= 0.3 is 0 Å². The fraction of sp³-hybridized carbons (Fsp3) is 0.846. The van der Waals surface area contributed by atoms with E-state index in [9.17, 15) is 0 Å². The normalized spacial score (nSPS) is 25.7. The van der Waals surface area contributed by atoms with Crippen molar-refractivity contribution in [2.75, 3.05) is 19.6 Å². The van der Waals surface area contributed by atoms with Crippen LogP contribution < -0.4 is 0 Å². The van der Waals surface area contributed by atoms with Crippen molar-refractivity contribution in [3.05, 3.63) is 12.3 Å². The highest BCUT2D eigenvalue weighted by molar-refractivity contribution is 5.13. The second kappa shape index (κ2) is 3.24. The Morgan fingerprint density at radius 1 is 1.20 bits per heavy atom. The minimum Gasteiger partial charge on any atom is -0.372 e. The Morgan fingerprint density at radius 3 is 2.20 bits per heavy atom. The first kappa shape index (κ1) is 11.0. The van der Waals surface area contributed by atoms with Gasteiger partial charge in [-0.2, -0.15) is 0 Å². The number of allylic oxidation sites excluding steroid dienone is 1. The Labute approximate surface area is 93.9 Å². The molecule has 0 radical (unpaired) electrons. The molecule has 2 aliphatic rings. The molecule has 86 valence electrons. The molecule has 0 aromatic carbocycles. The van der Waals surface area contributed by atoms with Crippen LogP contribution in [0.5, 0.6) is 0 Å². The smallest absolute Gasteiger partial charge is 0.0391 e. The first-order chi connectivity index (χ1) is 6.85. The first-order valence-corrected chi connectivity index (χ1v) is 6.03. The number of nitrogens with zero attached hydrogens (tertiary/aromatic N) is 2. The average molecular weight is 208 g/mol. The molecule has 1 saturated carbocycles. The molecule has 0 unspecified atom stereocenters. The molecule has 2 heteroatoms. The summed E-state index contributed by atoms with van der Waals surface area (Å²) in [6.07, 6.45) is 2.74. The molecule has 2 rings (SSSR count). The zero-order valence-corrected chi connectivity index (χ0v) is 10.6. The van der Waals surface area contributed by atoms with Crippen LogP contribution in [0.4, 0.5) is 0 Å². The summed E-state index contributed by atoms with van der Waals surface area (Å²) in [6.45, 7) is 16.7. The van der Waals surface area contributed by atoms with Crippen molar-refractivity contribution in [3.8, 4) is 0 Å². The summed E-state index contributed by atoms with van der Waals surface area (Å²) < 4.78 is 0. The van der Waals surface area contributed by atoms with Crippen LogP contribution in [0.3, 0.4) is 0 Å². The van der Waals surface area contributed by atoms with Gasteiger partial charge in [0.15, 0.2) is 0 Å². The standard InChI is InChI=1S/C13H24N2/c1-11(2)14-8-9-15(12(3,4)5)13(10-14)6-7-13/h1,6-10H2,2-5H3. The maximum atomic E-state index is 4.07. The Morgan fingerprint density at radius 2 is 1.80 bits per heavy atom. The van der Waals surface area contributed by atoms with Crippen molar-refractivity contribution in [1.82, 2.24) is 9.80 Å². The van der Waals surface area contributed by atoms with E-state index in [1.165, 1.54) is 31.6 Å². The van der Waals surface area contributed by atoms with Crippen LogP contribution in [-0.4, -0.2) is 40.5 Å². The Kier molecular flexibility index (Phi) is 2.38. The van der Waals surface area contributed by atoms with E-state index in [0.717, 1.165) is 6.54 Å². The molecule has 1 aliphatic carbocycles. The molecule has 1 saturated heterocycles. The van der Waals surface area contributed by atoms with Gasteiger partial charge in [-0.05, 0) is 40.5 Å². The molecule has 0 atom stereocenters. The van der Waals surface area contributed by atoms with Crippen molar-refractivity contribution in [3.63, 3.8) is 0 Å². The van der Waals surface area contributed by atoms with Crippen LogP contribution in [0.1, 0.15) is 40.5 Å². The third kappa shape index (κ3) is 1.92. The van der Waals surface area contributed by atoms with E-state index in [4.69, 9.17) is 0 Å². The fourth-order valence-electron chi connectivity index (χ4n) is 2.92. The zero-order chi connectivity index (χ0) is 11.3. The van der Waals surface area contributed by atoms with Crippen molar-refractivity contribution >= 4 is 0 Å². The minimum absolute atomic E-state index is 0.317. The maximum Gasteiger partial charge on any atom is 0.0391 e. The monoisotopic (exact) mass is 208 g/mol. The van der Waals surface area contributed by atoms with E-state index in [-0.39, 0.29) is 0 Å². The Balaban J connectivity index is 2.11. The van der Waals surface area contributed by atoms with Gasteiger partial charge in [0, 0.05) is 36.4 Å². The molecule has 2 nitrogen and oxygen atoms in total. The van der Waals surface area contributed by atoms with Gasteiger partial charge in [-0.15, -0.1) is 0 Å². The van der Waals surface area contributed by atoms with Crippen molar-refractivity contribution in [2.24, 2.45) is 0 Å². The average Bonchev–Trinajstić information content (AvgIpc) is 2.82. The van der Waals surface area contributed by atoms with Crippen LogP contribution in [0, 0.1) is 0 Å². The second-order valence-corrected chi connectivity index (χ2v) is 6.20. The Hall–Kier alpha value is -0.500. The van der Waals surface area contributed by atoms with Gasteiger partial charge in [0.2, 0.25) is 0 Å². The second-order valence-electron chi connectivity index (χ2n) is 6.20. The van der Waals surface area contributed by atoms with Crippen LogP contribution in [-0.2, 0) is 0 Å². The van der Waals surface area contributed by atoms with Crippen molar-refractivity contribution < 1.29 is 0 Å². The molecule has 0 aromatic rings. The summed E-state index contributed by atoms with van der Waals surface area (Å²) in [4.78, 5) is 5.16. The van der Waals surface area contributed by atoms with E-state index in [2.05, 4.69) is 44.1 Å². The molecule has 0 amide bonds. The zero-order valence-electron chi connectivity index (χ0n) is 10.6. The van der Waals surface area contributed by atoms with Gasteiger partial charge in [-0.3, -0.25) is 4.90 Å². The van der Waals surface area contributed by atoms with Gasteiger partial charge in [0.05, 0.1) is 0 Å². The topological polar surface area (TPSA) is 6.48 Å². The highest BCUT2D eigenvalue weighted by Gasteiger charge is 2.54. The summed E-state index contributed by atoms with van der Waals surface area (Å²) >= 11 is 0. The van der Waals surface area contributed by atoms with E-state index in [1.807, 2.05) is 0 Å². The highest BCUT2D eigenvalue weighted by Crippen LogP contribution is 2.47. The first-order valence-electron chi connectivity index (χ1n) is 6.03. The summed E-state index contributed by atoms with van der Waals surface area (Å²) in [5.41, 5.74) is 2.03. The minimum atomic E-state index is 0.317. The molecule has 15 heavy (non-hydrogen) atoms. The summed E-state index contributed by atoms with van der Waals surface area (Å²) in [7, 11) is 0. The summed E-state index contributed by atoms with van der Waals surface area (Å²) in [5.74, 6) is 0. The van der Waals surface area contributed by atoms with Crippen molar-refractivity contribution in [2.45, 2.75) is 51.6 Å². The molecule has 0 aromatic heterocycles. The SMILES string of the molecule is C=C(C)N1CCN(C(C)(C)C)C2(CC2)C1. The van der Waals surface area contributed by atoms with Crippen LogP contribution >= 0.6 is 0 Å². The highest BCUT2D eigenvalue weighted by atomic mass is 15.4. The molecule has 1 heterocycles. The molecular formula is C13H24N2. The van der Waals surface area contributed by atoms with Gasteiger partial charge in [0.25, 0.3) is 0 Å². The number of rotatable bonds is 1. The third-order valence-electron chi connectivity index (χ3n) is 3.83. The Bertz CT molecular complexity index is 271. The van der Waals surface area contributed by atoms with E-state index >= 15 is 0 Å². The largest absolute Gasteiger partial charge is 0.372 e. The van der Waals surface area contributed by atoms with Gasteiger partial charge < -0.3 is 4.90 Å². The molecule has 1 aliphatic heterocycles. The predicted molar refractivity (Wildman–Crippen MR) is 64.8 cm³/mol. The number of piperazine rings is 1. The van der Waals surface area contributed by atoms with Gasteiger partial charge in [-0.25, -0.2) is 0 Å². The predicted octanol–water partition coefficient (Wildman–Crippen LogP) is 2.47. The quantitative estimate of drug-likeness (QED) is 0.653. The van der Waals surface area contributed by atoms with E-state index in [1.54, 1.807) is 0 Å². The fourth-order valence-corrected chi connectivity index (χ4v) is 2.92. The van der Waals surface area contributed by atoms with Crippen molar-refractivity contribution in [1.29, 1.82) is 0 Å². The van der Waals surface area contributed by atoms with E-state index in [0.29, 0.717) is 11.1 Å². The lowest BCUT2D eigenvalue weighted by Crippen LogP contribution is -2.60. The van der Waals surface area contributed by atoms with Crippen LogP contribution in [0.2, 0.25) is 0 Å². The lowest BCUT2D eigenvalue weighted by molar-refractivity contribution is 0.00720. The third-order valence-corrected chi connectivity index (χ3v) is 3.83. The molecule has 0 bridgehead atoms. The number of hydrogen-bond donors (Lipinski definition) is 0. The number of hydrogen-bond acceptors (Lipinski definition) is 2. The maximum absolute atomic E-state index is 4.07.